The van der Waals surface area contributed by atoms with Gasteiger partial charge in [0.2, 0.25) is 0 Å². The van der Waals surface area contributed by atoms with Crippen LogP contribution in [0.1, 0.15) is 55.7 Å². The minimum absolute atomic E-state index is 0.0684. The molecule has 0 fully saturated rings. The lowest BCUT2D eigenvalue weighted by atomic mass is 9.71. The molecule has 2 heteroatoms. The smallest absolute Gasteiger partial charge is 0.115 e. The first-order valence-electron chi connectivity index (χ1n) is 8.21. The van der Waals surface area contributed by atoms with E-state index in [1.54, 1.807) is 18.2 Å². The average Bonchev–Trinajstić information content (AvgIpc) is 2.58. The van der Waals surface area contributed by atoms with Gasteiger partial charge in [-0.2, -0.15) is 0 Å². The third kappa shape index (κ3) is 2.83. The molecule has 0 heterocycles. The molecule has 1 atom stereocenters. The predicted octanol–water partition coefficient (Wildman–Crippen LogP) is 4.91. The number of aromatic hydroxyl groups is 2. The Balaban J connectivity index is 2.13. The summed E-state index contributed by atoms with van der Waals surface area (Å²) in [6.07, 6.45) is 7.02. The molecule has 2 N–H and O–H groups in total. The highest BCUT2D eigenvalue weighted by atomic mass is 16.3. The first-order chi connectivity index (χ1) is 10.6. The normalized spacial score (nSPS) is 22.2. The molecule has 3 rings (SSSR count). The number of benzene rings is 2. The molecule has 1 aliphatic rings. The van der Waals surface area contributed by atoms with Crippen LogP contribution < -0.4 is 0 Å². The van der Waals surface area contributed by atoms with Crippen molar-refractivity contribution < 1.29 is 10.2 Å². The molecular formula is C20H24O2. The zero-order valence-corrected chi connectivity index (χ0v) is 13.2. The summed E-state index contributed by atoms with van der Waals surface area (Å²) >= 11 is 0. The fourth-order valence-electron chi connectivity index (χ4n) is 3.74. The zero-order valence-electron chi connectivity index (χ0n) is 13.2. The molecule has 0 bridgehead atoms. The fraction of sp³-hybridized carbons (Fsp3) is 0.400. The standard InChI is InChI=1S/C20H24O2/c1-20(16-7-9-17(21)10-8-16)13-5-3-2-4-6-15-14-18(22)11-12-19(15)20/h7-12,14,21-22H,2-6,13H2,1H3. The Hall–Kier alpha value is -1.96. The monoisotopic (exact) mass is 296 g/mol. The van der Waals surface area contributed by atoms with Gasteiger partial charge < -0.3 is 10.2 Å². The lowest BCUT2D eigenvalue weighted by molar-refractivity contribution is 0.465. The van der Waals surface area contributed by atoms with Crippen LogP contribution in [0.2, 0.25) is 0 Å². The van der Waals surface area contributed by atoms with E-state index in [4.69, 9.17) is 0 Å². The van der Waals surface area contributed by atoms with Crippen LogP contribution in [0.15, 0.2) is 42.5 Å². The maximum absolute atomic E-state index is 9.86. The van der Waals surface area contributed by atoms with Crippen molar-refractivity contribution in [3.05, 3.63) is 59.2 Å². The summed E-state index contributed by atoms with van der Waals surface area (Å²) in [5.41, 5.74) is 3.75. The van der Waals surface area contributed by atoms with E-state index in [2.05, 4.69) is 13.0 Å². The lowest BCUT2D eigenvalue weighted by Crippen LogP contribution is -2.25. The molecule has 0 aromatic heterocycles. The first kappa shape index (κ1) is 15.0. The van der Waals surface area contributed by atoms with Gasteiger partial charge in [0.25, 0.3) is 0 Å². The second kappa shape index (κ2) is 6.04. The van der Waals surface area contributed by atoms with Crippen molar-refractivity contribution in [3.63, 3.8) is 0 Å². The average molecular weight is 296 g/mol. The van der Waals surface area contributed by atoms with Crippen molar-refractivity contribution in [2.45, 2.75) is 50.9 Å². The Morgan fingerprint density at radius 3 is 2.27 bits per heavy atom. The second-order valence-corrected chi connectivity index (χ2v) is 6.63. The van der Waals surface area contributed by atoms with Gasteiger partial charge in [0.1, 0.15) is 11.5 Å². The molecule has 22 heavy (non-hydrogen) atoms. The zero-order chi connectivity index (χ0) is 15.6. The Labute approximate surface area is 132 Å². The van der Waals surface area contributed by atoms with Crippen LogP contribution >= 0.6 is 0 Å². The minimum atomic E-state index is -0.0684. The molecule has 0 amide bonds. The van der Waals surface area contributed by atoms with Gasteiger partial charge in [0, 0.05) is 5.41 Å². The number of fused-ring (bicyclic) bond motifs is 1. The van der Waals surface area contributed by atoms with Crippen molar-refractivity contribution in [2.75, 3.05) is 0 Å². The highest BCUT2D eigenvalue weighted by Gasteiger charge is 2.31. The molecule has 0 saturated carbocycles. The van der Waals surface area contributed by atoms with Crippen molar-refractivity contribution >= 4 is 0 Å². The van der Waals surface area contributed by atoms with Crippen LogP contribution in [0.5, 0.6) is 11.5 Å². The van der Waals surface area contributed by atoms with Crippen LogP contribution in [0.3, 0.4) is 0 Å². The van der Waals surface area contributed by atoms with E-state index in [1.165, 1.54) is 42.4 Å². The van der Waals surface area contributed by atoms with Crippen molar-refractivity contribution in [1.29, 1.82) is 0 Å². The van der Waals surface area contributed by atoms with E-state index in [1.807, 2.05) is 18.2 Å². The molecule has 0 spiro atoms. The molecule has 0 radical (unpaired) electrons. The summed E-state index contributed by atoms with van der Waals surface area (Å²) in [6, 6.07) is 13.4. The number of phenols is 2. The molecule has 1 unspecified atom stereocenters. The molecule has 2 aromatic rings. The van der Waals surface area contributed by atoms with Gasteiger partial charge in [-0.3, -0.25) is 0 Å². The molecular weight excluding hydrogens is 272 g/mol. The topological polar surface area (TPSA) is 40.5 Å². The van der Waals surface area contributed by atoms with Crippen LogP contribution in [0, 0.1) is 0 Å². The summed E-state index contributed by atoms with van der Waals surface area (Å²) in [7, 11) is 0. The van der Waals surface area contributed by atoms with Crippen molar-refractivity contribution in [2.24, 2.45) is 0 Å². The van der Waals surface area contributed by atoms with Crippen molar-refractivity contribution in [3.8, 4) is 11.5 Å². The number of hydrogen-bond donors (Lipinski definition) is 2. The van der Waals surface area contributed by atoms with Crippen LogP contribution in [0.25, 0.3) is 0 Å². The molecule has 2 aromatic carbocycles. The number of phenolic OH excluding ortho intramolecular Hbond substituents is 2. The quantitative estimate of drug-likeness (QED) is 0.785. The molecule has 0 saturated heterocycles. The minimum Gasteiger partial charge on any atom is -0.508 e. The highest BCUT2D eigenvalue weighted by Crippen LogP contribution is 2.41. The maximum Gasteiger partial charge on any atom is 0.115 e. The number of rotatable bonds is 1. The van der Waals surface area contributed by atoms with E-state index < -0.39 is 0 Å². The summed E-state index contributed by atoms with van der Waals surface area (Å²) in [5, 5.41) is 19.4. The molecule has 1 aliphatic carbocycles. The van der Waals surface area contributed by atoms with Gasteiger partial charge in [0.05, 0.1) is 0 Å². The van der Waals surface area contributed by atoms with E-state index in [9.17, 15) is 10.2 Å². The van der Waals surface area contributed by atoms with Crippen LogP contribution in [-0.4, -0.2) is 10.2 Å². The molecule has 116 valence electrons. The Bertz CT molecular complexity index is 645. The summed E-state index contributed by atoms with van der Waals surface area (Å²) in [6.45, 7) is 2.29. The summed E-state index contributed by atoms with van der Waals surface area (Å²) in [4.78, 5) is 0. The van der Waals surface area contributed by atoms with Crippen LogP contribution in [-0.2, 0) is 11.8 Å². The van der Waals surface area contributed by atoms with Gasteiger partial charge in [-0.05, 0) is 60.2 Å². The van der Waals surface area contributed by atoms with E-state index in [0.717, 1.165) is 12.8 Å². The largest absolute Gasteiger partial charge is 0.508 e. The highest BCUT2D eigenvalue weighted by molar-refractivity contribution is 5.47. The Morgan fingerprint density at radius 1 is 0.818 bits per heavy atom. The second-order valence-electron chi connectivity index (χ2n) is 6.63. The van der Waals surface area contributed by atoms with Crippen LogP contribution in [0.4, 0.5) is 0 Å². The summed E-state index contributed by atoms with van der Waals surface area (Å²) < 4.78 is 0. The third-order valence-corrected chi connectivity index (χ3v) is 5.06. The molecule has 0 aliphatic heterocycles. The predicted molar refractivity (Wildman–Crippen MR) is 89.5 cm³/mol. The molecule has 2 nitrogen and oxygen atoms in total. The van der Waals surface area contributed by atoms with Gasteiger partial charge in [-0.25, -0.2) is 0 Å². The fourth-order valence-corrected chi connectivity index (χ4v) is 3.74. The van der Waals surface area contributed by atoms with E-state index in [0.29, 0.717) is 11.5 Å². The van der Waals surface area contributed by atoms with E-state index in [-0.39, 0.29) is 5.41 Å². The van der Waals surface area contributed by atoms with Gasteiger partial charge in [-0.15, -0.1) is 0 Å². The summed E-state index contributed by atoms with van der Waals surface area (Å²) in [5.74, 6) is 0.660. The lowest BCUT2D eigenvalue weighted by Gasteiger charge is -2.33. The van der Waals surface area contributed by atoms with Gasteiger partial charge in [-0.1, -0.05) is 44.4 Å². The number of aryl methyl sites for hydroxylation is 1. The number of hydrogen-bond acceptors (Lipinski definition) is 2. The third-order valence-electron chi connectivity index (χ3n) is 5.06. The van der Waals surface area contributed by atoms with Crippen molar-refractivity contribution in [1.82, 2.24) is 0 Å². The SMILES string of the molecule is CC1(c2ccc(O)cc2)CCCCCCc2cc(O)ccc21. The van der Waals surface area contributed by atoms with Gasteiger partial charge in [0.15, 0.2) is 0 Å². The Kier molecular flexibility index (Phi) is 4.10. The first-order valence-corrected chi connectivity index (χ1v) is 8.21. The maximum atomic E-state index is 9.86. The van der Waals surface area contributed by atoms with E-state index >= 15 is 0 Å². The van der Waals surface area contributed by atoms with Gasteiger partial charge >= 0.3 is 0 Å². The Morgan fingerprint density at radius 2 is 1.50 bits per heavy atom.